The van der Waals surface area contributed by atoms with Crippen molar-refractivity contribution < 1.29 is 5.11 Å². The molecule has 2 saturated carbocycles. The van der Waals surface area contributed by atoms with Crippen LogP contribution in [-0.4, -0.2) is 5.11 Å². The van der Waals surface area contributed by atoms with Gasteiger partial charge >= 0.3 is 0 Å². The second-order valence-corrected chi connectivity index (χ2v) is 11.3. The summed E-state index contributed by atoms with van der Waals surface area (Å²) in [5.74, 6) is 1.43. The van der Waals surface area contributed by atoms with Gasteiger partial charge in [0.05, 0.1) is 0 Å². The number of halogens is 1. The van der Waals surface area contributed by atoms with Crippen LogP contribution in [-0.2, 0) is 0 Å². The van der Waals surface area contributed by atoms with Crippen molar-refractivity contribution >= 4 is 22.6 Å². The Morgan fingerprint density at radius 3 is 2.00 bits per heavy atom. The molecule has 2 atom stereocenters. The van der Waals surface area contributed by atoms with E-state index in [-0.39, 0.29) is 5.41 Å². The first-order chi connectivity index (χ1) is 15.5. The number of hydrogen-bond donors (Lipinski definition) is 1. The SMILES string of the molecule is C=C1C(C/C=C2/C=C(I)C=CC2)CC[C@H](C/C=C2/C=C(O)C=CC2)C(=C)C12CCCCC2. The van der Waals surface area contributed by atoms with Gasteiger partial charge in [-0.25, -0.2) is 0 Å². The van der Waals surface area contributed by atoms with Crippen LogP contribution in [0, 0.1) is 17.3 Å². The summed E-state index contributed by atoms with van der Waals surface area (Å²) in [7, 11) is 0. The van der Waals surface area contributed by atoms with Gasteiger partial charge in [-0.1, -0.05) is 73.9 Å². The standard InChI is InChI=1S/C30H37IO/c1-22-26(14-12-24-8-6-10-28(31)20-24)16-17-27(15-13-25-9-7-11-29(32)21-25)23(2)30(22)18-4-3-5-19-30/h6-7,10-13,20-21,26-27,32H,1-5,8-9,14-19H2/b24-12+,25-13+/t26?,27-/m0/s1. The summed E-state index contributed by atoms with van der Waals surface area (Å²) in [6, 6.07) is 0. The Hall–Kier alpha value is -1.55. The van der Waals surface area contributed by atoms with Crippen molar-refractivity contribution in [1.82, 2.24) is 0 Å². The van der Waals surface area contributed by atoms with Crippen LogP contribution in [0.2, 0.25) is 0 Å². The highest BCUT2D eigenvalue weighted by atomic mass is 127. The highest BCUT2D eigenvalue weighted by molar-refractivity contribution is 14.1. The van der Waals surface area contributed by atoms with Gasteiger partial charge in [0.25, 0.3) is 0 Å². The molecule has 1 spiro atoms. The van der Waals surface area contributed by atoms with E-state index >= 15 is 0 Å². The quantitative estimate of drug-likeness (QED) is 0.278. The van der Waals surface area contributed by atoms with E-state index in [1.165, 1.54) is 70.8 Å². The molecular weight excluding hydrogens is 503 g/mol. The lowest BCUT2D eigenvalue weighted by atomic mass is 9.61. The van der Waals surface area contributed by atoms with Gasteiger partial charge in [0.1, 0.15) is 5.76 Å². The Morgan fingerprint density at radius 1 is 0.875 bits per heavy atom. The second kappa shape index (κ2) is 10.6. The third kappa shape index (κ3) is 5.32. The number of rotatable bonds is 4. The molecule has 32 heavy (non-hydrogen) atoms. The summed E-state index contributed by atoms with van der Waals surface area (Å²) < 4.78 is 1.32. The molecule has 4 rings (SSSR count). The number of aliphatic hydroxyl groups excluding tert-OH is 1. The molecule has 2 heteroatoms. The molecule has 170 valence electrons. The molecule has 4 aliphatic carbocycles. The zero-order valence-electron chi connectivity index (χ0n) is 19.3. The lowest BCUT2D eigenvalue weighted by Gasteiger charge is -2.43. The molecular formula is C30H37IO. The van der Waals surface area contributed by atoms with Crippen molar-refractivity contribution in [2.45, 2.75) is 70.6 Å². The molecule has 2 fully saturated rings. The average Bonchev–Trinajstić information content (AvgIpc) is 2.88. The van der Waals surface area contributed by atoms with Crippen molar-refractivity contribution in [2.24, 2.45) is 17.3 Å². The molecule has 0 aromatic heterocycles. The molecule has 0 aromatic rings. The summed E-state index contributed by atoms with van der Waals surface area (Å²) in [4.78, 5) is 0. The fourth-order valence-electron chi connectivity index (χ4n) is 6.13. The zero-order chi connectivity index (χ0) is 22.6. The van der Waals surface area contributed by atoms with E-state index in [2.05, 4.69) is 53.0 Å². The van der Waals surface area contributed by atoms with Crippen LogP contribution < -0.4 is 0 Å². The monoisotopic (exact) mass is 540 g/mol. The number of aliphatic hydroxyl groups is 1. The van der Waals surface area contributed by atoms with E-state index in [0.29, 0.717) is 17.6 Å². The summed E-state index contributed by atoms with van der Waals surface area (Å²) in [5.41, 5.74) is 5.72. The summed E-state index contributed by atoms with van der Waals surface area (Å²) in [5, 5.41) is 9.85. The molecule has 0 radical (unpaired) electrons. The van der Waals surface area contributed by atoms with E-state index in [0.717, 1.165) is 25.7 Å². The van der Waals surface area contributed by atoms with Crippen LogP contribution in [0.25, 0.3) is 0 Å². The molecule has 1 unspecified atom stereocenters. The lowest BCUT2D eigenvalue weighted by molar-refractivity contribution is 0.259. The van der Waals surface area contributed by atoms with E-state index < -0.39 is 0 Å². The second-order valence-electron chi connectivity index (χ2n) is 10.0. The highest BCUT2D eigenvalue weighted by Crippen LogP contribution is 2.56. The van der Waals surface area contributed by atoms with Gasteiger partial charge in [0.15, 0.2) is 0 Å². The molecule has 4 aliphatic rings. The third-order valence-corrected chi connectivity index (χ3v) is 8.72. The topological polar surface area (TPSA) is 20.2 Å². The third-order valence-electron chi connectivity index (χ3n) is 8.04. The van der Waals surface area contributed by atoms with E-state index in [1.807, 2.05) is 12.2 Å². The van der Waals surface area contributed by atoms with E-state index in [4.69, 9.17) is 13.2 Å². The Bertz CT molecular complexity index is 860. The first-order valence-electron chi connectivity index (χ1n) is 12.4. The van der Waals surface area contributed by atoms with Gasteiger partial charge in [-0.3, -0.25) is 0 Å². The largest absolute Gasteiger partial charge is 0.508 e. The smallest absolute Gasteiger partial charge is 0.115 e. The fraction of sp³-hybridized carbons (Fsp3) is 0.467. The average molecular weight is 541 g/mol. The normalized spacial score (nSPS) is 30.5. The minimum absolute atomic E-state index is 0.127. The van der Waals surface area contributed by atoms with Crippen LogP contribution >= 0.6 is 22.6 Å². The zero-order valence-corrected chi connectivity index (χ0v) is 21.4. The van der Waals surface area contributed by atoms with Gasteiger partial charge in [-0.15, -0.1) is 0 Å². The Kier molecular flexibility index (Phi) is 7.81. The van der Waals surface area contributed by atoms with E-state index in [1.54, 1.807) is 6.08 Å². The Labute approximate surface area is 208 Å². The predicted octanol–water partition coefficient (Wildman–Crippen LogP) is 9.39. The molecule has 0 heterocycles. The van der Waals surface area contributed by atoms with Gasteiger partial charge in [-0.2, -0.15) is 0 Å². The highest BCUT2D eigenvalue weighted by Gasteiger charge is 2.44. The van der Waals surface area contributed by atoms with Crippen molar-refractivity contribution in [2.75, 3.05) is 0 Å². The molecule has 0 saturated heterocycles. The first kappa shape index (κ1) is 23.6. The van der Waals surface area contributed by atoms with Crippen molar-refractivity contribution in [3.05, 3.63) is 93.4 Å². The first-order valence-corrected chi connectivity index (χ1v) is 13.4. The van der Waals surface area contributed by atoms with Crippen LogP contribution in [0.1, 0.15) is 70.6 Å². The summed E-state index contributed by atoms with van der Waals surface area (Å²) in [6.45, 7) is 9.52. The fourth-order valence-corrected chi connectivity index (χ4v) is 6.79. The minimum Gasteiger partial charge on any atom is -0.508 e. The predicted molar refractivity (Wildman–Crippen MR) is 146 cm³/mol. The maximum absolute atomic E-state index is 9.85. The van der Waals surface area contributed by atoms with Crippen LogP contribution in [0.5, 0.6) is 0 Å². The van der Waals surface area contributed by atoms with Gasteiger partial charge in [0, 0.05) is 8.99 Å². The molecule has 1 N–H and O–H groups in total. The number of hydrogen-bond acceptors (Lipinski definition) is 1. The summed E-state index contributed by atoms with van der Waals surface area (Å²) >= 11 is 2.42. The molecule has 0 bridgehead atoms. The van der Waals surface area contributed by atoms with Crippen molar-refractivity contribution in [1.29, 1.82) is 0 Å². The molecule has 1 nitrogen and oxygen atoms in total. The number of allylic oxidation sites excluding steroid dienone is 13. The van der Waals surface area contributed by atoms with Crippen LogP contribution in [0.15, 0.2) is 93.4 Å². The van der Waals surface area contributed by atoms with E-state index in [9.17, 15) is 5.11 Å². The van der Waals surface area contributed by atoms with Gasteiger partial charge in [-0.05, 0) is 115 Å². The Morgan fingerprint density at radius 2 is 1.44 bits per heavy atom. The summed E-state index contributed by atoms with van der Waals surface area (Å²) in [6.07, 6.45) is 30.3. The lowest BCUT2D eigenvalue weighted by Crippen LogP contribution is -2.32. The van der Waals surface area contributed by atoms with Crippen LogP contribution in [0.4, 0.5) is 0 Å². The molecule has 0 aliphatic heterocycles. The maximum Gasteiger partial charge on any atom is 0.115 e. The van der Waals surface area contributed by atoms with Gasteiger partial charge < -0.3 is 5.11 Å². The van der Waals surface area contributed by atoms with Crippen LogP contribution in [0.3, 0.4) is 0 Å². The van der Waals surface area contributed by atoms with Crippen molar-refractivity contribution in [3.8, 4) is 0 Å². The molecule has 0 amide bonds. The van der Waals surface area contributed by atoms with Crippen molar-refractivity contribution in [3.63, 3.8) is 0 Å². The maximum atomic E-state index is 9.85. The molecule has 0 aromatic carbocycles. The minimum atomic E-state index is 0.127. The Balaban J connectivity index is 1.54. The van der Waals surface area contributed by atoms with Gasteiger partial charge in [0.2, 0.25) is 0 Å².